The maximum atomic E-state index is 13.5. The number of aliphatic hydroxyl groups is 1. The normalized spacial score (nSPS) is 14.6. The number of carbonyl (C=O) groups excluding carboxylic acids is 1. The summed E-state index contributed by atoms with van der Waals surface area (Å²) in [5.74, 6) is -0.741. The van der Waals surface area contributed by atoms with Crippen molar-refractivity contribution in [3.8, 4) is 0 Å². The van der Waals surface area contributed by atoms with Crippen LogP contribution < -0.4 is 5.32 Å². The molecule has 0 aromatic heterocycles. The minimum atomic E-state index is -0.952. The van der Waals surface area contributed by atoms with Gasteiger partial charge in [0.05, 0.1) is 12.5 Å². The fourth-order valence-electron chi connectivity index (χ4n) is 1.87. The summed E-state index contributed by atoms with van der Waals surface area (Å²) in [6.07, 6.45) is -0.756. The average Bonchev–Trinajstić information content (AvgIpc) is 2.34. The first kappa shape index (κ1) is 17.6. The Balaban J connectivity index is 2.41. The summed E-state index contributed by atoms with van der Waals surface area (Å²) in [6.45, 7) is 7.42. The number of benzene rings is 1. The minimum absolute atomic E-state index is 0.165. The van der Waals surface area contributed by atoms with Crippen molar-refractivity contribution in [1.29, 1.82) is 0 Å². The number of ether oxygens (including phenoxy) is 1. The second kappa shape index (κ2) is 7.52. The minimum Gasteiger partial charge on any atom is -0.460 e. The third kappa shape index (κ3) is 6.69. The van der Waals surface area contributed by atoms with E-state index >= 15 is 0 Å². The summed E-state index contributed by atoms with van der Waals surface area (Å²) in [5, 5.41) is 13.0. The predicted octanol–water partition coefficient (Wildman–Crippen LogP) is 2.57. The smallest absolute Gasteiger partial charge is 0.307 e. The van der Waals surface area contributed by atoms with Gasteiger partial charge in [0, 0.05) is 18.2 Å². The molecule has 0 aliphatic carbocycles. The molecule has 0 bridgehead atoms. The number of carbonyl (C=O) groups is 1. The molecule has 1 rings (SSSR count). The number of rotatable bonds is 6. The third-order valence-corrected chi connectivity index (χ3v) is 2.82. The molecule has 0 heterocycles. The fourth-order valence-corrected chi connectivity index (χ4v) is 1.87. The van der Waals surface area contributed by atoms with E-state index in [2.05, 4.69) is 5.32 Å². The van der Waals surface area contributed by atoms with Gasteiger partial charge in [-0.1, -0.05) is 18.2 Å². The Labute approximate surface area is 125 Å². The number of aliphatic hydroxyl groups excluding tert-OH is 1. The van der Waals surface area contributed by atoms with E-state index in [0.29, 0.717) is 0 Å². The third-order valence-electron chi connectivity index (χ3n) is 2.82. The Hall–Kier alpha value is -1.46. The molecule has 0 aliphatic rings. The molecule has 1 aromatic carbocycles. The van der Waals surface area contributed by atoms with Crippen LogP contribution in [0.1, 0.15) is 45.8 Å². The van der Waals surface area contributed by atoms with Gasteiger partial charge in [0.25, 0.3) is 0 Å². The molecule has 0 spiro atoms. The maximum Gasteiger partial charge on any atom is 0.307 e. The number of esters is 1. The van der Waals surface area contributed by atoms with E-state index in [9.17, 15) is 14.3 Å². The molecule has 0 amide bonds. The van der Waals surface area contributed by atoms with Gasteiger partial charge in [-0.25, -0.2) is 4.39 Å². The molecular weight excluding hydrogens is 273 g/mol. The van der Waals surface area contributed by atoms with Gasteiger partial charge in [-0.05, 0) is 33.8 Å². The Morgan fingerprint density at radius 1 is 1.38 bits per heavy atom. The van der Waals surface area contributed by atoms with Gasteiger partial charge >= 0.3 is 5.97 Å². The van der Waals surface area contributed by atoms with Gasteiger partial charge in [-0.2, -0.15) is 0 Å². The molecule has 0 saturated carbocycles. The Morgan fingerprint density at radius 3 is 2.57 bits per heavy atom. The lowest BCUT2D eigenvalue weighted by Crippen LogP contribution is -2.34. The molecule has 4 nitrogen and oxygen atoms in total. The first-order valence-corrected chi connectivity index (χ1v) is 7.07. The van der Waals surface area contributed by atoms with E-state index in [4.69, 9.17) is 4.74 Å². The maximum absolute atomic E-state index is 13.5. The molecule has 0 radical (unpaired) electrons. The molecule has 0 saturated heterocycles. The van der Waals surface area contributed by atoms with Crippen molar-refractivity contribution < 1.29 is 19.0 Å². The van der Waals surface area contributed by atoms with Crippen LogP contribution in [0.3, 0.4) is 0 Å². The van der Waals surface area contributed by atoms with E-state index in [1.165, 1.54) is 6.07 Å². The summed E-state index contributed by atoms with van der Waals surface area (Å²) in [5.41, 5.74) is -0.266. The van der Waals surface area contributed by atoms with E-state index in [-0.39, 0.29) is 30.5 Å². The molecule has 118 valence electrons. The van der Waals surface area contributed by atoms with E-state index < -0.39 is 17.5 Å². The molecule has 0 aliphatic heterocycles. The molecule has 2 atom stereocenters. The van der Waals surface area contributed by atoms with Crippen LogP contribution in [-0.4, -0.2) is 29.3 Å². The van der Waals surface area contributed by atoms with Crippen LogP contribution in [0.15, 0.2) is 24.3 Å². The van der Waals surface area contributed by atoms with Gasteiger partial charge in [0.2, 0.25) is 0 Å². The van der Waals surface area contributed by atoms with Crippen LogP contribution in [-0.2, 0) is 9.53 Å². The van der Waals surface area contributed by atoms with Crippen LogP contribution >= 0.6 is 0 Å². The van der Waals surface area contributed by atoms with Gasteiger partial charge < -0.3 is 15.2 Å². The van der Waals surface area contributed by atoms with Crippen LogP contribution in [0, 0.1) is 5.82 Å². The topological polar surface area (TPSA) is 58.6 Å². The van der Waals surface area contributed by atoms with Crippen molar-refractivity contribution in [3.05, 3.63) is 35.6 Å². The highest BCUT2D eigenvalue weighted by molar-refractivity contribution is 5.70. The molecule has 21 heavy (non-hydrogen) atoms. The van der Waals surface area contributed by atoms with Crippen LogP contribution in [0.2, 0.25) is 0 Å². The summed E-state index contributed by atoms with van der Waals surface area (Å²) in [7, 11) is 0. The highest BCUT2D eigenvalue weighted by Gasteiger charge is 2.19. The van der Waals surface area contributed by atoms with Crippen molar-refractivity contribution in [1.82, 2.24) is 5.32 Å². The zero-order chi connectivity index (χ0) is 16.0. The molecule has 2 unspecified atom stereocenters. The highest BCUT2D eigenvalue weighted by Crippen LogP contribution is 2.16. The number of hydrogen-bond donors (Lipinski definition) is 2. The summed E-state index contributed by atoms with van der Waals surface area (Å²) >= 11 is 0. The molecule has 2 N–H and O–H groups in total. The Morgan fingerprint density at radius 2 is 2.00 bits per heavy atom. The molecule has 0 fully saturated rings. The number of nitrogens with one attached hydrogen (secondary N) is 1. The van der Waals surface area contributed by atoms with Crippen LogP contribution in [0.4, 0.5) is 4.39 Å². The van der Waals surface area contributed by atoms with Crippen LogP contribution in [0.25, 0.3) is 0 Å². The first-order chi connectivity index (χ1) is 9.69. The SMILES string of the molecule is CC(CC(=O)OC(C)(C)C)NCC(O)c1ccccc1F. The largest absolute Gasteiger partial charge is 0.460 e. The van der Waals surface area contributed by atoms with E-state index in [0.717, 1.165) is 0 Å². The first-order valence-electron chi connectivity index (χ1n) is 7.07. The van der Waals surface area contributed by atoms with Gasteiger partial charge in [-0.15, -0.1) is 0 Å². The average molecular weight is 297 g/mol. The zero-order valence-electron chi connectivity index (χ0n) is 13.0. The van der Waals surface area contributed by atoms with Gasteiger partial charge in [0.1, 0.15) is 11.4 Å². The Kier molecular flexibility index (Phi) is 6.30. The monoisotopic (exact) mass is 297 g/mol. The number of hydrogen-bond acceptors (Lipinski definition) is 4. The lowest BCUT2D eigenvalue weighted by molar-refractivity contribution is -0.155. The van der Waals surface area contributed by atoms with Crippen LogP contribution in [0.5, 0.6) is 0 Å². The van der Waals surface area contributed by atoms with Crippen molar-refractivity contribution in [2.45, 2.75) is 51.9 Å². The standard InChI is InChI=1S/C16H24FNO3/c1-11(9-15(20)21-16(2,3)4)18-10-14(19)12-7-5-6-8-13(12)17/h5-8,11,14,18-19H,9-10H2,1-4H3. The molecule has 5 heteroatoms. The van der Waals surface area contributed by atoms with Crippen molar-refractivity contribution in [3.63, 3.8) is 0 Å². The highest BCUT2D eigenvalue weighted by atomic mass is 19.1. The second-order valence-corrected chi connectivity index (χ2v) is 6.14. The van der Waals surface area contributed by atoms with Crippen molar-refractivity contribution in [2.75, 3.05) is 6.54 Å². The summed E-state index contributed by atoms with van der Waals surface area (Å²) < 4.78 is 18.7. The van der Waals surface area contributed by atoms with Gasteiger partial charge in [0.15, 0.2) is 0 Å². The summed E-state index contributed by atoms with van der Waals surface area (Å²) in [4.78, 5) is 11.7. The van der Waals surface area contributed by atoms with E-state index in [1.54, 1.807) is 18.2 Å². The predicted molar refractivity (Wildman–Crippen MR) is 79.3 cm³/mol. The fraction of sp³-hybridized carbons (Fsp3) is 0.562. The lowest BCUT2D eigenvalue weighted by atomic mass is 10.1. The Bertz CT molecular complexity index is 471. The zero-order valence-corrected chi connectivity index (χ0v) is 13.0. The number of halogens is 1. The van der Waals surface area contributed by atoms with Crippen molar-refractivity contribution in [2.24, 2.45) is 0 Å². The quantitative estimate of drug-likeness (QED) is 0.792. The molecule has 1 aromatic rings. The van der Waals surface area contributed by atoms with E-state index in [1.807, 2.05) is 27.7 Å². The molecular formula is C16H24FNO3. The van der Waals surface area contributed by atoms with Gasteiger partial charge in [-0.3, -0.25) is 4.79 Å². The van der Waals surface area contributed by atoms with Crippen molar-refractivity contribution >= 4 is 5.97 Å². The lowest BCUT2D eigenvalue weighted by Gasteiger charge is -2.22. The second-order valence-electron chi connectivity index (χ2n) is 6.14. The summed E-state index contributed by atoms with van der Waals surface area (Å²) in [6, 6.07) is 5.93.